The van der Waals surface area contributed by atoms with Gasteiger partial charge in [0.1, 0.15) is 5.75 Å². The topological polar surface area (TPSA) is 104 Å². The van der Waals surface area contributed by atoms with E-state index in [9.17, 15) is 27.9 Å². The van der Waals surface area contributed by atoms with Crippen molar-refractivity contribution in [2.75, 3.05) is 5.32 Å². The zero-order valence-electron chi connectivity index (χ0n) is 18.2. The van der Waals surface area contributed by atoms with Crippen molar-refractivity contribution in [3.8, 4) is 5.75 Å². The van der Waals surface area contributed by atoms with Gasteiger partial charge in [0.15, 0.2) is 5.78 Å². The van der Waals surface area contributed by atoms with Crippen molar-refractivity contribution >= 4 is 39.0 Å². The molecular formula is C24H20BrF3N4O3. The van der Waals surface area contributed by atoms with E-state index >= 15 is 0 Å². The summed E-state index contributed by atoms with van der Waals surface area (Å²) in [6, 6.07) is 8.30. The molecule has 0 bridgehead atoms. The van der Waals surface area contributed by atoms with Crippen molar-refractivity contribution in [3.05, 3.63) is 76.3 Å². The van der Waals surface area contributed by atoms with Gasteiger partial charge in [-0.3, -0.25) is 19.6 Å². The summed E-state index contributed by atoms with van der Waals surface area (Å²) in [7, 11) is 0. The molecule has 1 aliphatic rings. The van der Waals surface area contributed by atoms with Gasteiger partial charge < -0.3 is 15.7 Å². The minimum absolute atomic E-state index is 0.00891. The number of Topliss-reactive ketones (excluding diaryl/α,β-unsaturated/α-hetero) is 1. The van der Waals surface area contributed by atoms with Gasteiger partial charge in [-0.2, -0.15) is 13.2 Å². The summed E-state index contributed by atoms with van der Waals surface area (Å²) in [6.45, 7) is 0.106. The number of alkyl halides is 3. The molecule has 3 aromatic rings. The number of pyridine rings is 2. The monoisotopic (exact) mass is 548 g/mol. The fourth-order valence-electron chi connectivity index (χ4n) is 3.60. The van der Waals surface area contributed by atoms with Crippen molar-refractivity contribution in [1.82, 2.24) is 15.3 Å². The number of ketones is 1. The van der Waals surface area contributed by atoms with Crippen molar-refractivity contribution in [3.63, 3.8) is 0 Å². The molecule has 7 nitrogen and oxygen atoms in total. The first-order valence-electron chi connectivity index (χ1n) is 10.6. The van der Waals surface area contributed by atoms with Gasteiger partial charge in [0, 0.05) is 22.7 Å². The Morgan fingerprint density at radius 3 is 2.49 bits per heavy atom. The zero-order valence-corrected chi connectivity index (χ0v) is 19.8. The number of amides is 1. The highest BCUT2D eigenvalue weighted by molar-refractivity contribution is 9.10. The number of rotatable bonds is 8. The Kier molecular flexibility index (Phi) is 6.79. The molecule has 1 saturated carbocycles. The van der Waals surface area contributed by atoms with E-state index in [-0.39, 0.29) is 41.7 Å². The van der Waals surface area contributed by atoms with Gasteiger partial charge in [0.2, 0.25) is 5.91 Å². The van der Waals surface area contributed by atoms with Gasteiger partial charge in [0.25, 0.3) is 0 Å². The Morgan fingerprint density at radius 2 is 1.86 bits per heavy atom. The first kappa shape index (κ1) is 24.6. The molecular weight excluding hydrogens is 529 g/mol. The molecule has 0 atom stereocenters. The van der Waals surface area contributed by atoms with E-state index in [0.29, 0.717) is 28.7 Å². The molecule has 1 amide bonds. The number of halogens is 4. The maximum absolute atomic E-state index is 13.3. The van der Waals surface area contributed by atoms with Gasteiger partial charge in [-0.05, 0) is 49.2 Å². The lowest BCUT2D eigenvalue weighted by Gasteiger charge is -2.16. The minimum Gasteiger partial charge on any atom is -0.506 e. The normalized spacial score (nSPS) is 14.3. The van der Waals surface area contributed by atoms with Crippen LogP contribution in [0.1, 0.15) is 40.9 Å². The van der Waals surface area contributed by atoms with E-state index in [2.05, 4.69) is 36.5 Å². The maximum atomic E-state index is 13.3. The Morgan fingerprint density at radius 1 is 1.09 bits per heavy atom. The number of aromatic nitrogens is 2. The first-order chi connectivity index (χ1) is 16.6. The van der Waals surface area contributed by atoms with Crippen LogP contribution in [0, 0.1) is 5.41 Å². The number of benzene rings is 1. The molecule has 3 N–H and O–H groups in total. The second kappa shape index (κ2) is 9.65. The fraction of sp³-hybridized carbons (Fsp3) is 0.250. The van der Waals surface area contributed by atoms with Gasteiger partial charge >= 0.3 is 6.18 Å². The molecule has 0 spiro atoms. The lowest BCUT2D eigenvalue weighted by Crippen LogP contribution is -2.33. The van der Waals surface area contributed by atoms with E-state index in [1.165, 1.54) is 36.8 Å². The molecule has 0 unspecified atom stereocenters. The zero-order chi connectivity index (χ0) is 25.2. The number of carbonyl (C=O) groups excluding carboxylic acids is 2. The van der Waals surface area contributed by atoms with Crippen LogP contribution >= 0.6 is 15.9 Å². The van der Waals surface area contributed by atoms with Gasteiger partial charge in [-0.15, -0.1) is 0 Å². The molecule has 0 saturated heterocycles. The van der Waals surface area contributed by atoms with Crippen LogP contribution in [-0.4, -0.2) is 26.8 Å². The Labute approximate surface area is 206 Å². The summed E-state index contributed by atoms with van der Waals surface area (Å²) in [4.78, 5) is 33.2. The summed E-state index contributed by atoms with van der Waals surface area (Å²) in [5, 5.41) is 15.0. The molecule has 182 valence electrons. The Balaban J connectivity index is 1.35. The van der Waals surface area contributed by atoms with Crippen molar-refractivity contribution < 1.29 is 27.9 Å². The third-order valence-electron chi connectivity index (χ3n) is 5.70. The van der Waals surface area contributed by atoms with Crippen LogP contribution in [0.25, 0.3) is 0 Å². The van der Waals surface area contributed by atoms with Crippen LogP contribution in [-0.2, 0) is 17.5 Å². The standard InChI is InChI=1S/C24H20BrF3N4O3/c25-15-1-4-20(19(8-15)24(26,27)28)32-17-3-2-16(30-12-17)11-31-22(35)23(5-6-23)9-21(34)14-7-18(33)13-29-10-14/h1-4,7-8,10,12-13,32-33H,5-6,9,11H2,(H,31,35). The van der Waals surface area contributed by atoms with Crippen LogP contribution in [0.3, 0.4) is 0 Å². The molecule has 1 aliphatic carbocycles. The highest BCUT2D eigenvalue weighted by Gasteiger charge is 2.51. The molecule has 2 aromatic heterocycles. The number of nitrogens with one attached hydrogen (secondary N) is 2. The smallest absolute Gasteiger partial charge is 0.418 e. The van der Waals surface area contributed by atoms with Crippen LogP contribution in [0.2, 0.25) is 0 Å². The molecule has 0 aliphatic heterocycles. The molecule has 1 aromatic carbocycles. The molecule has 11 heteroatoms. The van der Waals surface area contributed by atoms with Gasteiger partial charge in [-0.25, -0.2) is 0 Å². The van der Waals surface area contributed by atoms with Crippen LogP contribution in [0.5, 0.6) is 5.75 Å². The number of aromatic hydroxyl groups is 1. The number of hydrogen-bond acceptors (Lipinski definition) is 6. The van der Waals surface area contributed by atoms with Crippen molar-refractivity contribution in [2.45, 2.75) is 32.0 Å². The highest BCUT2D eigenvalue weighted by Crippen LogP contribution is 2.49. The number of anilines is 2. The predicted octanol–water partition coefficient (Wildman–Crippen LogP) is 5.38. The van der Waals surface area contributed by atoms with Crippen LogP contribution in [0.15, 0.2) is 59.5 Å². The Hall–Kier alpha value is -3.47. The van der Waals surface area contributed by atoms with E-state index < -0.39 is 17.2 Å². The molecule has 0 radical (unpaired) electrons. The summed E-state index contributed by atoms with van der Waals surface area (Å²) in [6.07, 6.45) is 0.578. The third kappa shape index (κ3) is 5.97. The lowest BCUT2D eigenvalue weighted by atomic mass is 9.95. The second-order valence-electron chi connectivity index (χ2n) is 8.35. The summed E-state index contributed by atoms with van der Waals surface area (Å²) in [5.74, 6) is -0.669. The minimum atomic E-state index is -4.53. The quantitative estimate of drug-likeness (QED) is 0.326. The third-order valence-corrected chi connectivity index (χ3v) is 6.19. The molecule has 2 heterocycles. The average molecular weight is 549 g/mol. The molecule has 4 rings (SSSR count). The number of nitrogens with zero attached hydrogens (tertiary/aromatic N) is 2. The number of hydrogen-bond donors (Lipinski definition) is 3. The SMILES string of the molecule is O=C(CC1(C(=O)NCc2ccc(Nc3ccc(Br)cc3C(F)(F)F)cn2)CC1)c1cncc(O)c1. The average Bonchev–Trinajstić information content (AvgIpc) is 3.59. The van der Waals surface area contributed by atoms with E-state index in [1.54, 1.807) is 12.1 Å². The Bertz CT molecular complexity index is 1260. The highest BCUT2D eigenvalue weighted by atomic mass is 79.9. The van der Waals surface area contributed by atoms with Gasteiger partial charge in [0.05, 0.1) is 47.0 Å². The second-order valence-corrected chi connectivity index (χ2v) is 9.26. The first-order valence-corrected chi connectivity index (χ1v) is 11.4. The van der Waals surface area contributed by atoms with E-state index in [0.717, 1.165) is 6.07 Å². The van der Waals surface area contributed by atoms with Crippen molar-refractivity contribution in [1.29, 1.82) is 0 Å². The number of carbonyl (C=O) groups is 2. The molecule has 1 fully saturated rings. The summed E-state index contributed by atoms with van der Waals surface area (Å²) < 4.78 is 40.3. The van der Waals surface area contributed by atoms with Crippen molar-refractivity contribution in [2.24, 2.45) is 5.41 Å². The summed E-state index contributed by atoms with van der Waals surface area (Å²) in [5.41, 5.74) is -0.598. The predicted molar refractivity (Wildman–Crippen MR) is 125 cm³/mol. The van der Waals surface area contributed by atoms with Gasteiger partial charge in [-0.1, -0.05) is 15.9 Å². The lowest BCUT2D eigenvalue weighted by molar-refractivity contribution is -0.137. The van der Waals surface area contributed by atoms with E-state index in [1.807, 2.05) is 0 Å². The fourth-order valence-corrected chi connectivity index (χ4v) is 3.96. The van der Waals surface area contributed by atoms with Crippen LogP contribution < -0.4 is 10.6 Å². The van der Waals surface area contributed by atoms with Crippen LogP contribution in [0.4, 0.5) is 24.5 Å². The summed E-state index contributed by atoms with van der Waals surface area (Å²) >= 11 is 3.05. The maximum Gasteiger partial charge on any atom is 0.418 e. The molecule has 35 heavy (non-hydrogen) atoms. The van der Waals surface area contributed by atoms with E-state index in [4.69, 9.17) is 0 Å². The largest absolute Gasteiger partial charge is 0.506 e.